The van der Waals surface area contributed by atoms with Gasteiger partial charge in [-0.1, -0.05) is 0 Å². The maximum Gasteiger partial charge on any atom is 0.326 e. The molecule has 19 heavy (non-hydrogen) atoms. The minimum atomic E-state index is -0.926. The van der Waals surface area contributed by atoms with Crippen molar-refractivity contribution in [3.8, 4) is 0 Å². The van der Waals surface area contributed by atoms with Crippen molar-refractivity contribution in [1.29, 1.82) is 0 Å². The molecule has 0 aliphatic carbocycles. The van der Waals surface area contributed by atoms with Crippen molar-refractivity contribution in [2.75, 3.05) is 33.3 Å². The molecule has 1 rings (SSSR count). The van der Waals surface area contributed by atoms with Crippen LogP contribution in [0.5, 0.6) is 0 Å². The van der Waals surface area contributed by atoms with Crippen LogP contribution in [0.4, 0.5) is 0 Å². The lowest BCUT2D eigenvalue weighted by Crippen LogP contribution is -2.50. The highest BCUT2D eigenvalue weighted by molar-refractivity contribution is 5.87. The van der Waals surface area contributed by atoms with E-state index in [2.05, 4.69) is 0 Å². The van der Waals surface area contributed by atoms with Gasteiger partial charge in [0.05, 0.1) is 12.0 Å². The van der Waals surface area contributed by atoms with E-state index in [1.807, 2.05) is 25.8 Å². The molecule has 0 radical (unpaired) electrons. The largest absolute Gasteiger partial charge is 0.480 e. The number of likely N-dealkylation sites (tertiary alicyclic amines) is 1. The summed E-state index contributed by atoms with van der Waals surface area (Å²) in [6, 6.07) is -0.685. The normalized spacial score (nSPS) is 20.1. The Morgan fingerprint density at radius 1 is 1.42 bits per heavy atom. The van der Waals surface area contributed by atoms with Crippen molar-refractivity contribution in [2.45, 2.75) is 32.7 Å². The zero-order chi connectivity index (χ0) is 14.6. The average Bonchev–Trinajstić information content (AvgIpc) is 2.76. The first-order valence-electron chi connectivity index (χ1n) is 6.63. The lowest BCUT2D eigenvalue weighted by Gasteiger charge is -2.34. The van der Waals surface area contributed by atoms with Gasteiger partial charge in [0.25, 0.3) is 0 Å². The van der Waals surface area contributed by atoms with Gasteiger partial charge in [0, 0.05) is 19.6 Å². The van der Waals surface area contributed by atoms with Crippen LogP contribution in [0.2, 0.25) is 0 Å². The van der Waals surface area contributed by atoms with Crippen LogP contribution >= 0.6 is 0 Å². The smallest absolute Gasteiger partial charge is 0.326 e. The standard InChI is InChI=1S/C13H24N2O4/c1-13(2,9-14(3)7-8-16)12(19)15-6-4-5-10(15)11(17)18/h10,16H,4-9H2,1-3H3,(H,17,18). The van der Waals surface area contributed by atoms with Gasteiger partial charge in [0.2, 0.25) is 5.91 Å². The van der Waals surface area contributed by atoms with Gasteiger partial charge in [-0.15, -0.1) is 0 Å². The second kappa shape index (κ2) is 6.34. The van der Waals surface area contributed by atoms with Gasteiger partial charge in [0.1, 0.15) is 6.04 Å². The SMILES string of the molecule is CN(CCO)CC(C)(C)C(=O)N1CCCC1C(=O)O. The number of rotatable bonds is 6. The molecule has 0 bridgehead atoms. The fourth-order valence-corrected chi connectivity index (χ4v) is 2.65. The number of hydrogen-bond acceptors (Lipinski definition) is 4. The summed E-state index contributed by atoms with van der Waals surface area (Å²) in [5.41, 5.74) is -0.651. The summed E-state index contributed by atoms with van der Waals surface area (Å²) in [6.45, 7) is 5.19. The number of nitrogens with zero attached hydrogens (tertiary/aromatic N) is 2. The van der Waals surface area contributed by atoms with Crippen LogP contribution in [0.3, 0.4) is 0 Å². The zero-order valence-electron chi connectivity index (χ0n) is 11.9. The van der Waals surface area contributed by atoms with Crippen molar-refractivity contribution >= 4 is 11.9 Å². The summed E-state index contributed by atoms with van der Waals surface area (Å²) < 4.78 is 0. The summed E-state index contributed by atoms with van der Waals surface area (Å²) in [4.78, 5) is 27.0. The summed E-state index contributed by atoms with van der Waals surface area (Å²) >= 11 is 0. The molecule has 1 aliphatic heterocycles. The average molecular weight is 272 g/mol. The zero-order valence-corrected chi connectivity index (χ0v) is 11.9. The molecule has 0 aromatic carbocycles. The Morgan fingerprint density at radius 3 is 2.58 bits per heavy atom. The van der Waals surface area contributed by atoms with Crippen molar-refractivity contribution in [3.05, 3.63) is 0 Å². The Hall–Kier alpha value is -1.14. The van der Waals surface area contributed by atoms with Crippen LogP contribution in [-0.2, 0) is 9.59 Å². The van der Waals surface area contributed by atoms with Crippen molar-refractivity contribution in [2.24, 2.45) is 5.41 Å². The molecule has 0 spiro atoms. The van der Waals surface area contributed by atoms with E-state index < -0.39 is 17.4 Å². The van der Waals surface area contributed by atoms with Gasteiger partial charge in [-0.2, -0.15) is 0 Å². The van der Waals surface area contributed by atoms with Crippen molar-refractivity contribution in [1.82, 2.24) is 9.80 Å². The number of carboxylic acid groups (broad SMARTS) is 1. The number of aliphatic hydroxyl groups excluding tert-OH is 1. The molecule has 6 nitrogen and oxygen atoms in total. The molecular formula is C13H24N2O4. The molecule has 1 aliphatic rings. The van der Waals surface area contributed by atoms with E-state index in [-0.39, 0.29) is 12.5 Å². The number of aliphatic hydroxyl groups is 1. The number of likely N-dealkylation sites (N-methyl/N-ethyl adjacent to an activating group) is 1. The summed E-state index contributed by atoms with van der Waals surface area (Å²) in [7, 11) is 1.84. The maximum atomic E-state index is 12.5. The molecule has 0 aromatic heterocycles. The van der Waals surface area contributed by atoms with E-state index in [0.29, 0.717) is 26.1 Å². The predicted molar refractivity (Wildman–Crippen MR) is 70.7 cm³/mol. The van der Waals surface area contributed by atoms with E-state index in [0.717, 1.165) is 6.42 Å². The highest BCUT2D eigenvalue weighted by Gasteiger charge is 2.40. The molecule has 2 N–H and O–H groups in total. The van der Waals surface area contributed by atoms with Crippen molar-refractivity contribution in [3.63, 3.8) is 0 Å². The number of carboxylic acids is 1. The molecule has 1 fully saturated rings. The van der Waals surface area contributed by atoms with Crippen LogP contribution < -0.4 is 0 Å². The minimum Gasteiger partial charge on any atom is -0.480 e. The van der Waals surface area contributed by atoms with Crippen LogP contribution in [0, 0.1) is 5.41 Å². The van der Waals surface area contributed by atoms with Crippen LogP contribution in [0.1, 0.15) is 26.7 Å². The molecular weight excluding hydrogens is 248 g/mol. The predicted octanol–water partition coefficient (Wildman–Crippen LogP) is 0.0123. The molecule has 1 atom stereocenters. The Kier molecular flexibility index (Phi) is 5.31. The molecule has 1 saturated heterocycles. The van der Waals surface area contributed by atoms with E-state index in [1.54, 1.807) is 0 Å². The highest BCUT2D eigenvalue weighted by Crippen LogP contribution is 2.26. The fraction of sp³-hybridized carbons (Fsp3) is 0.846. The Balaban J connectivity index is 2.71. The maximum absolute atomic E-state index is 12.5. The van der Waals surface area contributed by atoms with E-state index >= 15 is 0 Å². The molecule has 0 saturated carbocycles. The lowest BCUT2D eigenvalue weighted by molar-refractivity contribution is -0.152. The molecule has 6 heteroatoms. The fourth-order valence-electron chi connectivity index (χ4n) is 2.65. The Bertz CT molecular complexity index is 344. The quantitative estimate of drug-likeness (QED) is 0.712. The minimum absolute atomic E-state index is 0.0439. The van der Waals surface area contributed by atoms with Gasteiger partial charge in [0.15, 0.2) is 0 Å². The number of aliphatic carboxylic acids is 1. The molecule has 1 amide bonds. The first-order chi connectivity index (χ1) is 8.79. The summed E-state index contributed by atoms with van der Waals surface area (Å²) in [5, 5.41) is 18.0. The second-order valence-corrected chi connectivity index (χ2v) is 5.84. The topological polar surface area (TPSA) is 81.1 Å². The summed E-state index contributed by atoms with van der Waals surface area (Å²) in [6.07, 6.45) is 1.27. The highest BCUT2D eigenvalue weighted by atomic mass is 16.4. The van der Waals surface area contributed by atoms with Crippen molar-refractivity contribution < 1.29 is 19.8 Å². The number of carbonyl (C=O) groups excluding carboxylic acids is 1. The first-order valence-corrected chi connectivity index (χ1v) is 6.63. The molecule has 0 aromatic rings. The number of carbonyl (C=O) groups is 2. The number of hydrogen-bond donors (Lipinski definition) is 2. The number of amides is 1. The van der Waals surface area contributed by atoms with E-state index in [1.165, 1.54) is 4.90 Å². The van der Waals surface area contributed by atoms with Crippen LogP contribution in [0.15, 0.2) is 0 Å². The monoisotopic (exact) mass is 272 g/mol. The van der Waals surface area contributed by atoms with Gasteiger partial charge < -0.3 is 20.0 Å². The first kappa shape index (κ1) is 15.9. The van der Waals surface area contributed by atoms with Crippen LogP contribution in [0.25, 0.3) is 0 Å². The molecule has 1 unspecified atom stereocenters. The third-order valence-electron chi connectivity index (χ3n) is 3.52. The third kappa shape index (κ3) is 3.91. The summed E-state index contributed by atoms with van der Waals surface area (Å²) in [5.74, 6) is -1.05. The molecule has 110 valence electrons. The van der Waals surface area contributed by atoms with Gasteiger partial charge in [-0.3, -0.25) is 4.79 Å². The van der Waals surface area contributed by atoms with E-state index in [9.17, 15) is 9.59 Å². The Morgan fingerprint density at radius 2 is 2.05 bits per heavy atom. The lowest BCUT2D eigenvalue weighted by atomic mass is 9.90. The van der Waals surface area contributed by atoms with Gasteiger partial charge >= 0.3 is 5.97 Å². The Labute approximate surface area is 114 Å². The molecule has 1 heterocycles. The third-order valence-corrected chi connectivity index (χ3v) is 3.52. The van der Waals surface area contributed by atoms with E-state index in [4.69, 9.17) is 10.2 Å². The van der Waals surface area contributed by atoms with Gasteiger partial charge in [-0.25, -0.2) is 4.79 Å². The van der Waals surface area contributed by atoms with Gasteiger partial charge in [-0.05, 0) is 33.7 Å². The van der Waals surface area contributed by atoms with Crippen LogP contribution in [-0.4, -0.2) is 71.2 Å². The second-order valence-electron chi connectivity index (χ2n) is 5.84.